The van der Waals surface area contributed by atoms with Crippen LogP contribution < -0.4 is 0 Å². The molecule has 0 saturated carbocycles. The van der Waals surface area contributed by atoms with Crippen molar-refractivity contribution in [2.75, 3.05) is 0 Å². The van der Waals surface area contributed by atoms with E-state index in [1.54, 1.807) is 0 Å². The van der Waals surface area contributed by atoms with Gasteiger partial charge in [-0.15, -0.1) is 5.10 Å². The van der Waals surface area contributed by atoms with Gasteiger partial charge in [0.05, 0.1) is 0 Å². The van der Waals surface area contributed by atoms with E-state index in [1.165, 1.54) is 5.56 Å². The summed E-state index contributed by atoms with van der Waals surface area (Å²) in [6.45, 7) is 7.04. The van der Waals surface area contributed by atoms with Crippen molar-refractivity contribution in [3.8, 4) is 17.3 Å². The summed E-state index contributed by atoms with van der Waals surface area (Å²) in [5, 5.41) is 17.1. The summed E-state index contributed by atoms with van der Waals surface area (Å²) < 4.78 is 1.81. The number of hydrogen-bond donors (Lipinski definition) is 0. The van der Waals surface area contributed by atoms with E-state index >= 15 is 0 Å². The van der Waals surface area contributed by atoms with Gasteiger partial charge in [-0.3, -0.25) is 0 Å². The van der Waals surface area contributed by atoms with Gasteiger partial charge in [0, 0.05) is 12.1 Å². The average Bonchev–Trinajstić information content (AvgIpc) is 2.72. The summed E-state index contributed by atoms with van der Waals surface area (Å²) in [6, 6.07) is 10.2. The first-order valence-electron chi connectivity index (χ1n) is 6.02. The molecule has 0 unspecified atom stereocenters. The monoisotopic (exact) mass is 240 g/mol. The SMILES string of the molecule is Cc1ccc(-c2c(C#N)nnn2CC(C)C)cc1. The number of nitrogens with zero attached hydrogens (tertiary/aromatic N) is 4. The van der Waals surface area contributed by atoms with Crippen LogP contribution in [0.5, 0.6) is 0 Å². The highest BCUT2D eigenvalue weighted by Gasteiger charge is 2.15. The van der Waals surface area contributed by atoms with Gasteiger partial charge >= 0.3 is 0 Å². The van der Waals surface area contributed by atoms with Crippen LogP contribution in [0.3, 0.4) is 0 Å². The largest absolute Gasteiger partial charge is 0.243 e. The summed E-state index contributed by atoms with van der Waals surface area (Å²) in [5.41, 5.74) is 3.38. The Labute approximate surface area is 107 Å². The number of nitriles is 1. The van der Waals surface area contributed by atoms with E-state index in [4.69, 9.17) is 5.26 Å². The molecule has 0 bridgehead atoms. The highest BCUT2D eigenvalue weighted by molar-refractivity contribution is 5.65. The minimum atomic E-state index is 0.388. The van der Waals surface area contributed by atoms with Crippen LogP contribution in [-0.4, -0.2) is 15.0 Å². The molecule has 0 saturated heterocycles. The molecular weight excluding hydrogens is 224 g/mol. The molecule has 0 radical (unpaired) electrons. The first kappa shape index (κ1) is 12.3. The van der Waals surface area contributed by atoms with Gasteiger partial charge < -0.3 is 0 Å². The Bertz CT molecular complexity index is 573. The van der Waals surface area contributed by atoms with Crippen LogP contribution in [0.15, 0.2) is 24.3 Å². The van der Waals surface area contributed by atoms with Crippen LogP contribution in [0.1, 0.15) is 25.1 Å². The molecule has 0 aliphatic carbocycles. The summed E-state index contributed by atoms with van der Waals surface area (Å²) >= 11 is 0. The van der Waals surface area contributed by atoms with Crippen molar-refractivity contribution in [1.82, 2.24) is 15.0 Å². The molecule has 4 heteroatoms. The molecule has 2 rings (SSSR count). The number of aryl methyl sites for hydroxylation is 1. The van der Waals surface area contributed by atoms with Crippen molar-refractivity contribution in [1.29, 1.82) is 5.26 Å². The highest BCUT2D eigenvalue weighted by Crippen LogP contribution is 2.23. The normalized spacial score (nSPS) is 10.6. The van der Waals surface area contributed by atoms with Gasteiger partial charge in [-0.2, -0.15) is 5.26 Å². The zero-order valence-corrected chi connectivity index (χ0v) is 10.9. The summed E-state index contributed by atoms with van der Waals surface area (Å²) in [5.74, 6) is 0.461. The molecule has 0 N–H and O–H groups in total. The molecule has 0 aliphatic heterocycles. The third-order valence-electron chi connectivity index (χ3n) is 2.70. The lowest BCUT2D eigenvalue weighted by molar-refractivity contribution is 0.475. The Hall–Kier alpha value is -2.15. The third-order valence-corrected chi connectivity index (χ3v) is 2.70. The van der Waals surface area contributed by atoms with Crippen molar-refractivity contribution in [2.45, 2.75) is 27.3 Å². The zero-order valence-electron chi connectivity index (χ0n) is 10.9. The fourth-order valence-electron chi connectivity index (χ4n) is 1.86. The van der Waals surface area contributed by atoms with E-state index in [0.717, 1.165) is 17.8 Å². The first-order valence-corrected chi connectivity index (χ1v) is 6.02. The summed E-state index contributed by atoms with van der Waals surface area (Å²) in [6.07, 6.45) is 0. The Morgan fingerprint density at radius 2 is 1.94 bits per heavy atom. The van der Waals surface area contributed by atoms with Gasteiger partial charge in [0.2, 0.25) is 0 Å². The maximum Gasteiger partial charge on any atom is 0.190 e. The molecule has 1 aromatic heterocycles. The van der Waals surface area contributed by atoms with Gasteiger partial charge in [-0.1, -0.05) is 48.9 Å². The van der Waals surface area contributed by atoms with E-state index < -0.39 is 0 Å². The number of rotatable bonds is 3. The van der Waals surface area contributed by atoms with Crippen molar-refractivity contribution in [3.05, 3.63) is 35.5 Å². The molecule has 0 fully saturated rings. The van der Waals surface area contributed by atoms with Gasteiger partial charge in [-0.25, -0.2) is 4.68 Å². The van der Waals surface area contributed by atoms with Crippen LogP contribution in [0.2, 0.25) is 0 Å². The van der Waals surface area contributed by atoms with Gasteiger partial charge in [-0.05, 0) is 12.8 Å². The molecule has 0 spiro atoms. The Balaban J connectivity index is 2.50. The number of aromatic nitrogens is 3. The van der Waals surface area contributed by atoms with Crippen LogP contribution in [0.4, 0.5) is 0 Å². The second kappa shape index (κ2) is 5.01. The predicted octanol–water partition coefficient (Wildman–Crippen LogP) is 2.78. The Morgan fingerprint density at radius 3 is 2.50 bits per heavy atom. The molecule has 1 aromatic carbocycles. The van der Waals surface area contributed by atoms with Crippen molar-refractivity contribution in [2.24, 2.45) is 5.92 Å². The molecule has 4 nitrogen and oxygen atoms in total. The third kappa shape index (κ3) is 2.40. The molecule has 92 valence electrons. The second-order valence-corrected chi connectivity index (χ2v) is 4.84. The smallest absolute Gasteiger partial charge is 0.190 e. The maximum atomic E-state index is 9.12. The molecule has 18 heavy (non-hydrogen) atoms. The summed E-state index contributed by atoms with van der Waals surface area (Å²) in [7, 11) is 0. The van der Waals surface area contributed by atoms with E-state index in [2.05, 4.69) is 30.2 Å². The van der Waals surface area contributed by atoms with Crippen LogP contribution in [0, 0.1) is 24.2 Å². The quantitative estimate of drug-likeness (QED) is 0.829. The van der Waals surface area contributed by atoms with Crippen LogP contribution in [0.25, 0.3) is 11.3 Å². The van der Waals surface area contributed by atoms with Gasteiger partial charge in [0.15, 0.2) is 5.69 Å². The number of hydrogen-bond acceptors (Lipinski definition) is 3. The van der Waals surface area contributed by atoms with Crippen LogP contribution in [-0.2, 0) is 6.54 Å². The minimum absolute atomic E-state index is 0.388. The Kier molecular flexibility index (Phi) is 3.42. The average molecular weight is 240 g/mol. The summed E-state index contributed by atoms with van der Waals surface area (Å²) in [4.78, 5) is 0. The molecular formula is C14H16N4. The van der Waals surface area contributed by atoms with Gasteiger partial charge in [0.1, 0.15) is 11.8 Å². The van der Waals surface area contributed by atoms with Crippen molar-refractivity contribution in [3.63, 3.8) is 0 Å². The fraction of sp³-hybridized carbons (Fsp3) is 0.357. The molecule has 0 amide bonds. The van der Waals surface area contributed by atoms with Crippen LogP contribution >= 0.6 is 0 Å². The lowest BCUT2D eigenvalue weighted by atomic mass is 10.1. The fourth-order valence-corrected chi connectivity index (χ4v) is 1.86. The van der Waals surface area contributed by atoms with Gasteiger partial charge in [0.25, 0.3) is 0 Å². The predicted molar refractivity (Wildman–Crippen MR) is 69.7 cm³/mol. The van der Waals surface area contributed by atoms with E-state index in [9.17, 15) is 0 Å². The molecule has 0 atom stereocenters. The molecule has 0 aliphatic rings. The standard InChI is InChI=1S/C14H16N4/c1-10(2)9-18-14(13(8-15)16-17-18)12-6-4-11(3)5-7-12/h4-7,10H,9H2,1-3H3. The first-order chi connectivity index (χ1) is 8.61. The number of benzene rings is 1. The van der Waals surface area contributed by atoms with Crippen molar-refractivity contribution < 1.29 is 0 Å². The second-order valence-electron chi connectivity index (χ2n) is 4.84. The minimum Gasteiger partial charge on any atom is -0.243 e. The van der Waals surface area contributed by atoms with E-state index in [1.807, 2.05) is 35.9 Å². The lowest BCUT2D eigenvalue weighted by Crippen LogP contribution is -2.08. The topological polar surface area (TPSA) is 54.5 Å². The molecule has 1 heterocycles. The molecule has 2 aromatic rings. The lowest BCUT2D eigenvalue weighted by Gasteiger charge is -2.09. The highest BCUT2D eigenvalue weighted by atomic mass is 15.4. The van der Waals surface area contributed by atoms with E-state index in [0.29, 0.717) is 11.6 Å². The van der Waals surface area contributed by atoms with Crippen molar-refractivity contribution >= 4 is 0 Å². The van der Waals surface area contributed by atoms with E-state index in [-0.39, 0.29) is 0 Å². The Morgan fingerprint density at radius 1 is 1.28 bits per heavy atom. The zero-order chi connectivity index (χ0) is 13.1. The maximum absolute atomic E-state index is 9.12.